The fourth-order valence-corrected chi connectivity index (χ4v) is 3.73. The molecule has 0 radical (unpaired) electrons. The monoisotopic (exact) mass is 426 g/mol. The first kappa shape index (κ1) is 20.0. The molecule has 0 unspecified atom stereocenters. The molecule has 4 aromatic rings. The van der Waals surface area contributed by atoms with Crippen LogP contribution in [0.25, 0.3) is 22.4 Å². The van der Waals surface area contributed by atoms with E-state index in [2.05, 4.69) is 15.2 Å². The van der Waals surface area contributed by atoms with Crippen LogP contribution in [0.5, 0.6) is 5.75 Å². The Hall–Kier alpha value is -3.33. The van der Waals surface area contributed by atoms with Gasteiger partial charge in [-0.1, -0.05) is 36.0 Å². The number of H-pyrrole nitrogens is 1. The van der Waals surface area contributed by atoms with Gasteiger partial charge in [-0.2, -0.15) is 0 Å². The minimum Gasteiger partial charge on any atom is -0.494 e. The summed E-state index contributed by atoms with van der Waals surface area (Å²) in [5.41, 5.74) is 2.47. The lowest BCUT2D eigenvalue weighted by molar-refractivity contribution is -0.127. The molecular weight excluding hydrogens is 407 g/mol. The molecule has 9 heteroatoms. The first-order chi connectivity index (χ1) is 14.5. The van der Waals surface area contributed by atoms with Crippen LogP contribution >= 0.6 is 11.8 Å². The van der Waals surface area contributed by atoms with Gasteiger partial charge in [0.05, 0.1) is 18.4 Å². The number of aromatic nitrogens is 3. The maximum absolute atomic E-state index is 13.8. The number of nitrogens with one attached hydrogen (secondary N) is 1. The molecule has 2 aromatic heterocycles. The second-order valence-corrected chi connectivity index (χ2v) is 7.56. The number of thioether (sulfide) groups is 1. The number of rotatable bonds is 7. The summed E-state index contributed by atoms with van der Waals surface area (Å²) in [5.74, 6) is 0.101. The highest BCUT2D eigenvalue weighted by Gasteiger charge is 2.16. The van der Waals surface area contributed by atoms with Crippen LogP contribution in [-0.2, 0) is 11.3 Å². The van der Waals surface area contributed by atoms with Crippen molar-refractivity contribution in [3.63, 3.8) is 0 Å². The van der Waals surface area contributed by atoms with Crippen molar-refractivity contribution in [2.45, 2.75) is 11.8 Å². The van der Waals surface area contributed by atoms with Gasteiger partial charge in [0, 0.05) is 30.7 Å². The van der Waals surface area contributed by atoms with Gasteiger partial charge in [-0.15, -0.1) is 10.2 Å². The average Bonchev–Trinajstić information content (AvgIpc) is 3.39. The summed E-state index contributed by atoms with van der Waals surface area (Å²) >= 11 is 1.16. The maximum Gasteiger partial charge on any atom is 0.277 e. The number of halogens is 1. The molecule has 0 saturated heterocycles. The van der Waals surface area contributed by atoms with E-state index in [0.717, 1.165) is 28.2 Å². The zero-order valence-electron chi connectivity index (χ0n) is 16.4. The van der Waals surface area contributed by atoms with Crippen molar-refractivity contribution in [1.82, 2.24) is 20.1 Å². The topological polar surface area (TPSA) is 84.2 Å². The molecule has 4 rings (SSSR count). The normalized spacial score (nSPS) is 11.0. The van der Waals surface area contributed by atoms with Gasteiger partial charge in [0.15, 0.2) is 11.6 Å². The minimum absolute atomic E-state index is 0.130. The van der Waals surface area contributed by atoms with Gasteiger partial charge in [0.2, 0.25) is 5.91 Å². The number of hydrogen-bond donors (Lipinski definition) is 1. The molecule has 1 amide bonds. The van der Waals surface area contributed by atoms with Gasteiger partial charge in [0.25, 0.3) is 11.1 Å². The van der Waals surface area contributed by atoms with E-state index < -0.39 is 5.82 Å². The number of para-hydroxylation sites is 1. The third kappa shape index (κ3) is 4.16. The summed E-state index contributed by atoms with van der Waals surface area (Å²) in [6.07, 6.45) is 1.82. The molecule has 0 aliphatic rings. The number of nitrogens with zero attached hydrogens (tertiary/aromatic N) is 3. The molecule has 0 aliphatic carbocycles. The molecule has 0 fully saturated rings. The number of carbonyl (C=O) groups excluding carboxylic acids is 1. The molecule has 0 aliphatic heterocycles. The number of fused-ring (bicyclic) bond motifs is 1. The quantitative estimate of drug-likeness (QED) is 0.448. The van der Waals surface area contributed by atoms with E-state index in [1.54, 1.807) is 19.2 Å². The van der Waals surface area contributed by atoms with Crippen molar-refractivity contribution in [3.05, 3.63) is 60.0 Å². The Morgan fingerprint density at radius 1 is 1.27 bits per heavy atom. The highest BCUT2D eigenvalue weighted by Crippen LogP contribution is 2.29. The van der Waals surface area contributed by atoms with Crippen molar-refractivity contribution in [1.29, 1.82) is 0 Å². The summed E-state index contributed by atoms with van der Waals surface area (Å²) < 4.78 is 24.4. The maximum atomic E-state index is 13.8. The van der Waals surface area contributed by atoms with Crippen molar-refractivity contribution >= 4 is 28.6 Å². The molecule has 7 nitrogen and oxygen atoms in total. The highest BCUT2D eigenvalue weighted by atomic mass is 32.2. The Bertz CT molecular complexity index is 1190. The van der Waals surface area contributed by atoms with Crippen LogP contribution in [0.2, 0.25) is 0 Å². The van der Waals surface area contributed by atoms with Crippen LogP contribution in [0.3, 0.4) is 0 Å². The largest absolute Gasteiger partial charge is 0.494 e. The number of methoxy groups -OCH3 is 1. The van der Waals surface area contributed by atoms with Crippen LogP contribution in [0, 0.1) is 5.82 Å². The number of benzene rings is 2. The molecule has 0 atom stereocenters. The van der Waals surface area contributed by atoms with E-state index in [4.69, 9.17) is 9.15 Å². The molecule has 30 heavy (non-hydrogen) atoms. The van der Waals surface area contributed by atoms with Crippen LogP contribution in [0.15, 0.2) is 58.3 Å². The van der Waals surface area contributed by atoms with E-state index in [-0.39, 0.29) is 24.0 Å². The second kappa shape index (κ2) is 8.58. The second-order valence-electron chi connectivity index (χ2n) is 6.63. The molecule has 2 heterocycles. The number of aromatic amines is 1. The molecule has 0 spiro atoms. The van der Waals surface area contributed by atoms with E-state index in [0.29, 0.717) is 16.7 Å². The predicted octanol–water partition coefficient (Wildman–Crippen LogP) is 4.12. The van der Waals surface area contributed by atoms with Gasteiger partial charge in [-0.25, -0.2) is 4.39 Å². The van der Waals surface area contributed by atoms with Gasteiger partial charge < -0.3 is 19.0 Å². The fraction of sp³-hybridized carbons (Fsp3) is 0.190. The summed E-state index contributed by atoms with van der Waals surface area (Å²) in [4.78, 5) is 17.1. The lowest BCUT2D eigenvalue weighted by atomic mass is 10.2. The highest BCUT2D eigenvalue weighted by molar-refractivity contribution is 7.99. The van der Waals surface area contributed by atoms with Gasteiger partial charge >= 0.3 is 0 Å². The van der Waals surface area contributed by atoms with Gasteiger partial charge in [0.1, 0.15) is 0 Å². The first-order valence-electron chi connectivity index (χ1n) is 9.14. The number of amides is 1. The third-order valence-corrected chi connectivity index (χ3v) is 5.41. The van der Waals surface area contributed by atoms with Crippen molar-refractivity contribution in [2.24, 2.45) is 0 Å². The Balaban J connectivity index is 1.36. The third-order valence-electron chi connectivity index (χ3n) is 4.61. The molecule has 154 valence electrons. The Morgan fingerprint density at radius 3 is 2.90 bits per heavy atom. The lowest BCUT2D eigenvalue weighted by Gasteiger charge is -2.17. The predicted molar refractivity (Wildman–Crippen MR) is 112 cm³/mol. The Kier molecular flexibility index (Phi) is 5.71. The van der Waals surface area contributed by atoms with Crippen LogP contribution in [0.4, 0.5) is 4.39 Å². The number of hydrogen-bond acceptors (Lipinski definition) is 6. The number of carbonyl (C=O) groups is 1. The SMILES string of the molecule is COc1ccc(CN(C)C(=O)CSc2nnc(-c3c[nH]c4ccccc34)o2)cc1F. The van der Waals surface area contributed by atoms with E-state index >= 15 is 0 Å². The van der Waals surface area contributed by atoms with E-state index in [9.17, 15) is 9.18 Å². The average molecular weight is 426 g/mol. The minimum atomic E-state index is -0.458. The Morgan fingerprint density at radius 2 is 2.10 bits per heavy atom. The van der Waals surface area contributed by atoms with Gasteiger partial charge in [-0.05, 0) is 23.8 Å². The van der Waals surface area contributed by atoms with Crippen molar-refractivity contribution in [2.75, 3.05) is 19.9 Å². The fourth-order valence-electron chi connectivity index (χ4n) is 3.03. The lowest BCUT2D eigenvalue weighted by Crippen LogP contribution is -2.27. The molecular formula is C21H19FN4O3S. The first-order valence-corrected chi connectivity index (χ1v) is 10.1. The smallest absolute Gasteiger partial charge is 0.277 e. The number of ether oxygens (including phenoxy) is 1. The summed E-state index contributed by atoms with van der Waals surface area (Å²) in [6, 6.07) is 12.5. The van der Waals surface area contributed by atoms with E-state index in [1.807, 2.05) is 30.5 Å². The van der Waals surface area contributed by atoms with Crippen LogP contribution < -0.4 is 4.74 Å². The summed E-state index contributed by atoms with van der Waals surface area (Å²) in [7, 11) is 3.07. The summed E-state index contributed by atoms with van der Waals surface area (Å²) in [6.45, 7) is 0.282. The van der Waals surface area contributed by atoms with Crippen LogP contribution in [0.1, 0.15) is 5.56 Å². The molecule has 1 N–H and O–H groups in total. The Labute approximate surface area is 176 Å². The van der Waals surface area contributed by atoms with Gasteiger partial charge in [-0.3, -0.25) is 4.79 Å². The molecule has 2 aromatic carbocycles. The van der Waals surface area contributed by atoms with E-state index in [1.165, 1.54) is 18.1 Å². The zero-order chi connectivity index (χ0) is 21.1. The van der Waals surface area contributed by atoms with Crippen LogP contribution in [-0.4, -0.2) is 45.9 Å². The summed E-state index contributed by atoms with van der Waals surface area (Å²) in [5, 5.41) is 9.41. The van der Waals surface area contributed by atoms with Crippen molar-refractivity contribution < 1.29 is 18.3 Å². The molecule has 0 bridgehead atoms. The zero-order valence-corrected chi connectivity index (χ0v) is 17.2. The standard InChI is InChI=1S/C21H19FN4O3S/c1-26(11-13-7-8-18(28-2)16(22)9-13)19(27)12-30-21-25-24-20(29-21)15-10-23-17-6-4-3-5-14(15)17/h3-10,23H,11-12H2,1-2H3. The molecule has 0 saturated carbocycles. The van der Waals surface area contributed by atoms with Crippen molar-refractivity contribution in [3.8, 4) is 17.2 Å².